The fourth-order valence-electron chi connectivity index (χ4n) is 1.86. The van der Waals surface area contributed by atoms with Crippen LogP contribution in [-0.2, 0) is 6.54 Å². The Balaban J connectivity index is 1.79. The molecule has 0 aliphatic carbocycles. The maximum Gasteiger partial charge on any atom is 0.231 e. The monoisotopic (exact) mass is 332 g/mol. The van der Waals surface area contributed by atoms with E-state index >= 15 is 0 Å². The number of ether oxygens (including phenoxy) is 2. The maximum absolute atomic E-state index is 8.95. The first-order chi connectivity index (χ1) is 9.78. The Morgan fingerprint density at radius 2 is 2.15 bits per heavy atom. The summed E-state index contributed by atoms with van der Waals surface area (Å²) in [6.45, 7) is 0.732. The normalized spacial score (nSPS) is 12.0. The summed E-state index contributed by atoms with van der Waals surface area (Å²) in [6.07, 6.45) is 3.03. The average molecular weight is 333 g/mol. The molecule has 0 radical (unpaired) electrons. The smallest absolute Gasteiger partial charge is 0.231 e. The van der Waals surface area contributed by atoms with E-state index in [1.54, 1.807) is 6.20 Å². The van der Waals surface area contributed by atoms with Crippen molar-refractivity contribution >= 4 is 21.7 Å². The van der Waals surface area contributed by atoms with Gasteiger partial charge in [-0.05, 0) is 33.6 Å². The molecule has 0 spiro atoms. The van der Waals surface area contributed by atoms with Gasteiger partial charge in [0, 0.05) is 18.9 Å². The fraction of sp³-hybridized carbons (Fsp3) is 0.154. The summed E-state index contributed by atoms with van der Waals surface area (Å²) in [5.74, 6) is 1.88. The maximum atomic E-state index is 8.95. The molecule has 0 bridgehead atoms. The van der Waals surface area contributed by atoms with Gasteiger partial charge in [-0.1, -0.05) is 0 Å². The van der Waals surface area contributed by atoms with Crippen LogP contribution in [0.5, 0.6) is 11.5 Å². The van der Waals surface area contributed by atoms with Crippen molar-refractivity contribution in [3.8, 4) is 17.6 Å². The summed E-state index contributed by atoms with van der Waals surface area (Å²) in [4.78, 5) is 8.04. The van der Waals surface area contributed by atoms with Crippen molar-refractivity contribution in [1.82, 2.24) is 9.97 Å². The van der Waals surface area contributed by atoms with Crippen LogP contribution in [0.1, 0.15) is 11.3 Å². The van der Waals surface area contributed by atoms with E-state index in [-0.39, 0.29) is 12.5 Å². The number of fused-ring (bicyclic) bond motifs is 1. The van der Waals surface area contributed by atoms with Crippen molar-refractivity contribution in [3.05, 3.63) is 40.3 Å². The van der Waals surface area contributed by atoms with Crippen LogP contribution in [0, 0.1) is 11.3 Å². The Bertz CT molecular complexity index is 699. The van der Waals surface area contributed by atoms with E-state index in [2.05, 4.69) is 31.2 Å². The minimum atomic E-state index is 0.230. The van der Waals surface area contributed by atoms with Gasteiger partial charge >= 0.3 is 0 Å². The molecular formula is C13H9BrN4O2. The van der Waals surface area contributed by atoms with Crippen LogP contribution >= 0.6 is 15.9 Å². The van der Waals surface area contributed by atoms with E-state index in [1.165, 1.54) is 6.20 Å². The van der Waals surface area contributed by atoms with Gasteiger partial charge in [-0.25, -0.2) is 9.97 Å². The molecular weight excluding hydrogens is 324 g/mol. The zero-order valence-corrected chi connectivity index (χ0v) is 11.8. The summed E-state index contributed by atoms with van der Waals surface area (Å²) in [6, 6.07) is 5.82. The summed E-state index contributed by atoms with van der Waals surface area (Å²) in [5, 5.41) is 12.0. The first-order valence-electron chi connectivity index (χ1n) is 5.81. The molecule has 2 heterocycles. The molecule has 1 aliphatic heterocycles. The van der Waals surface area contributed by atoms with Gasteiger partial charge in [0.1, 0.15) is 6.07 Å². The predicted octanol–water partition coefficient (Wildman–Crippen LogP) is 2.45. The van der Waals surface area contributed by atoms with Gasteiger partial charge in [0.15, 0.2) is 23.0 Å². The number of anilines is 1. The predicted molar refractivity (Wildman–Crippen MR) is 74.3 cm³/mol. The van der Waals surface area contributed by atoms with Crippen LogP contribution in [0.25, 0.3) is 0 Å². The molecule has 0 fully saturated rings. The number of hydrogen-bond donors (Lipinski definition) is 1. The van der Waals surface area contributed by atoms with Gasteiger partial charge in [0.25, 0.3) is 0 Å². The molecule has 0 amide bonds. The van der Waals surface area contributed by atoms with Crippen LogP contribution in [-0.4, -0.2) is 16.8 Å². The van der Waals surface area contributed by atoms with Crippen molar-refractivity contribution < 1.29 is 9.47 Å². The van der Waals surface area contributed by atoms with Crippen LogP contribution in [0.3, 0.4) is 0 Å². The summed E-state index contributed by atoms with van der Waals surface area (Å²) in [5.41, 5.74) is 1.25. The van der Waals surface area contributed by atoms with E-state index < -0.39 is 0 Å². The molecule has 0 saturated heterocycles. The summed E-state index contributed by atoms with van der Waals surface area (Å²) >= 11 is 3.44. The SMILES string of the molecule is N#Cc1nccnc1NCc1cc(Br)c2c(c1)OCO2. The van der Waals surface area contributed by atoms with Crippen molar-refractivity contribution in [2.45, 2.75) is 6.54 Å². The number of benzene rings is 1. The average Bonchev–Trinajstić information content (AvgIpc) is 2.94. The lowest BCUT2D eigenvalue weighted by Gasteiger charge is -2.08. The minimum absolute atomic E-state index is 0.230. The third-order valence-electron chi connectivity index (χ3n) is 2.75. The highest BCUT2D eigenvalue weighted by Crippen LogP contribution is 2.40. The first kappa shape index (κ1) is 12.7. The lowest BCUT2D eigenvalue weighted by molar-refractivity contribution is 0.173. The molecule has 1 aromatic heterocycles. The lowest BCUT2D eigenvalue weighted by Crippen LogP contribution is -2.04. The number of halogens is 1. The van der Waals surface area contributed by atoms with Gasteiger partial charge in [0.2, 0.25) is 6.79 Å². The number of nitriles is 1. The quantitative estimate of drug-likeness (QED) is 0.929. The van der Waals surface area contributed by atoms with Crippen LogP contribution in [0.2, 0.25) is 0 Å². The molecule has 1 aliphatic rings. The van der Waals surface area contributed by atoms with Gasteiger partial charge in [-0.2, -0.15) is 5.26 Å². The molecule has 20 heavy (non-hydrogen) atoms. The number of hydrogen-bond acceptors (Lipinski definition) is 6. The Morgan fingerprint density at radius 3 is 3.00 bits per heavy atom. The van der Waals surface area contributed by atoms with Crippen molar-refractivity contribution in [2.75, 3.05) is 12.1 Å². The van der Waals surface area contributed by atoms with E-state index in [0.717, 1.165) is 10.0 Å². The Hall–Kier alpha value is -2.33. The first-order valence-corrected chi connectivity index (χ1v) is 6.60. The van der Waals surface area contributed by atoms with Gasteiger partial charge < -0.3 is 14.8 Å². The molecule has 100 valence electrons. The topological polar surface area (TPSA) is 80.1 Å². The fourth-order valence-corrected chi connectivity index (χ4v) is 2.46. The molecule has 0 saturated carbocycles. The van der Waals surface area contributed by atoms with E-state index in [0.29, 0.717) is 23.9 Å². The van der Waals surface area contributed by atoms with E-state index in [4.69, 9.17) is 14.7 Å². The number of aromatic nitrogens is 2. The highest BCUT2D eigenvalue weighted by atomic mass is 79.9. The second-order valence-electron chi connectivity index (χ2n) is 4.03. The summed E-state index contributed by atoms with van der Waals surface area (Å²) < 4.78 is 11.5. The van der Waals surface area contributed by atoms with Gasteiger partial charge in [-0.15, -0.1) is 0 Å². The molecule has 7 heteroatoms. The number of rotatable bonds is 3. The van der Waals surface area contributed by atoms with E-state index in [1.807, 2.05) is 18.2 Å². The van der Waals surface area contributed by atoms with Crippen molar-refractivity contribution in [1.29, 1.82) is 5.26 Å². The van der Waals surface area contributed by atoms with Crippen LogP contribution in [0.4, 0.5) is 5.82 Å². The van der Waals surface area contributed by atoms with Gasteiger partial charge in [-0.3, -0.25) is 0 Å². The molecule has 1 N–H and O–H groups in total. The van der Waals surface area contributed by atoms with Crippen molar-refractivity contribution in [3.63, 3.8) is 0 Å². The molecule has 0 unspecified atom stereocenters. The molecule has 2 aromatic rings. The minimum Gasteiger partial charge on any atom is -0.454 e. The Labute approximate surface area is 123 Å². The second-order valence-corrected chi connectivity index (χ2v) is 4.88. The third-order valence-corrected chi connectivity index (χ3v) is 3.34. The number of nitrogens with one attached hydrogen (secondary N) is 1. The van der Waals surface area contributed by atoms with Crippen molar-refractivity contribution in [2.24, 2.45) is 0 Å². The van der Waals surface area contributed by atoms with Gasteiger partial charge in [0.05, 0.1) is 4.47 Å². The zero-order chi connectivity index (χ0) is 13.9. The second kappa shape index (κ2) is 5.35. The highest BCUT2D eigenvalue weighted by molar-refractivity contribution is 9.10. The largest absolute Gasteiger partial charge is 0.454 e. The van der Waals surface area contributed by atoms with E-state index in [9.17, 15) is 0 Å². The molecule has 0 atom stereocenters. The Kier molecular flexibility index (Phi) is 3.39. The molecule has 3 rings (SSSR count). The molecule has 6 nitrogen and oxygen atoms in total. The summed E-state index contributed by atoms with van der Waals surface area (Å²) in [7, 11) is 0. The highest BCUT2D eigenvalue weighted by Gasteiger charge is 2.18. The Morgan fingerprint density at radius 1 is 1.30 bits per heavy atom. The standard InChI is InChI=1S/C13H9BrN4O2/c14-9-3-8(4-11-12(9)20-7-19-11)6-18-13-10(5-15)16-1-2-17-13/h1-4H,6-7H2,(H,17,18). The zero-order valence-electron chi connectivity index (χ0n) is 10.3. The van der Waals surface area contributed by atoms with Crippen LogP contribution in [0.15, 0.2) is 29.0 Å². The lowest BCUT2D eigenvalue weighted by atomic mass is 10.2. The van der Waals surface area contributed by atoms with Crippen LogP contribution < -0.4 is 14.8 Å². The third kappa shape index (κ3) is 2.38. The molecule has 1 aromatic carbocycles. The number of nitrogens with zero attached hydrogens (tertiary/aromatic N) is 3.